The van der Waals surface area contributed by atoms with Gasteiger partial charge < -0.3 is 11.5 Å². The number of nitrogens with zero attached hydrogens (tertiary/aromatic N) is 2. The highest BCUT2D eigenvalue weighted by atomic mass is 15.3. The van der Waals surface area contributed by atoms with Gasteiger partial charge in [0, 0.05) is 5.71 Å². The van der Waals surface area contributed by atoms with Crippen LogP contribution in [-0.4, -0.2) is 11.7 Å². The Balaban J connectivity index is 4.51. The van der Waals surface area contributed by atoms with Crippen LogP contribution in [0.15, 0.2) is 10.2 Å². The molecule has 0 bridgehead atoms. The van der Waals surface area contributed by atoms with Crippen molar-refractivity contribution in [1.29, 1.82) is 0 Å². The van der Waals surface area contributed by atoms with E-state index in [0.29, 0.717) is 11.8 Å². The molecule has 0 heterocycles. The van der Waals surface area contributed by atoms with Crippen molar-refractivity contribution in [3.05, 3.63) is 0 Å². The van der Waals surface area contributed by atoms with Crippen molar-refractivity contribution in [3.8, 4) is 0 Å². The average Bonchev–Trinajstić information content (AvgIpc) is 1.84. The van der Waals surface area contributed by atoms with E-state index in [2.05, 4.69) is 37.9 Å². The fourth-order valence-electron chi connectivity index (χ4n) is 1.01. The van der Waals surface area contributed by atoms with E-state index in [-0.39, 0.29) is 5.96 Å². The number of nitrogens with two attached hydrogens (primary N) is 2. The van der Waals surface area contributed by atoms with Crippen LogP contribution in [0.3, 0.4) is 0 Å². The number of hydrogen-bond donors (Lipinski definition) is 2. The van der Waals surface area contributed by atoms with Crippen LogP contribution in [0.5, 0.6) is 0 Å². The first kappa shape index (κ1) is 10.9. The van der Waals surface area contributed by atoms with Gasteiger partial charge in [-0.25, -0.2) is 0 Å². The Bertz CT molecular complexity index is 177. The number of hydrogen-bond acceptors (Lipinski definition) is 2. The second kappa shape index (κ2) is 4.74. The molecule has 0 aromatic carbocycles. The molecule has 0 amide bonds. The third kappa shape index (κ3) is 3.95. The Kier molecular flexibility index (Phi) is 4.33. The van der Waals surface area contributed by atoms with Crippen LogP contribution in [0.4, 0.5) is 0 Å². The van der Waals surface area contributed by atoms with Crippen molar-refractivity contribution in [2.24, 2.45) is 33.5 Å². The predicted octanol–water partition coefficient (Wildman–Crippen LogP) is 0.928. The fraction of sp³-hybridized carbons (Fsp3) is 0.750. The molecule has 0 spiro atoms. The molecule has 0 radical (unpaired) electrons. The molecule has 4 nitrogen and oxygen atoms in total. The molecule has 0 aromatic heterocycles. The summed E-state index contributed by atoms with van der Waals surface area (Å²) in [5, 5.41) is 7.60. The van der Waals surface area contributed by atoms with E-state index in [1.165, 1.54) is 0 Å². The third-order valence-corrected chi connectivity index (χ3v) is 1.46. The molecule has 0 rings (SSSR count). The van der Waals surface area contributed by atoms with Crippen molar-refractivity contribution in [3.63, 3.8) is 0 Å². The fourth-order valence-corrected chi connectivity index (χ4v) is 1.01. The summed E-state index contributed by atoms with van der Waals surface area (Å²) in [6, 6.07) is 0. The van der Waals surface area contributed by atoms with Gasteiger partial charge in [0.1, 0.15) is 0 Å². The molecule has 4 heteroatoms. The quantitative estimate of drug-likeness (QED) is 0.375. The van der Waals surface area contributed by atoms with Gasteiger partial charge in [-0.15, -0.1) is 5.10 Å². The van der Waals surface area contributed by atoms with Gasteiger partial charge >= 0.3 is 0 Å². The Morgan fingerprint density at radius 3 is 1.58 bits per heavy atom. The molecular weight excluding hydrogens is 152 g/mol. The summed E-state index contributed by atoms with van der Waals surface area (Å²) < 4.78 is 0. The zero-order chi connectivity index (χ0) is 9.72. The summed E-state index contributed by atoms with van der Waals surface area (Å²) in [6.07, 6.45) is 0. The van der Waals surface area contributed by atoms with Gasteiger partial charge in [0.15, 0.2) is 0 Å². The van der Waals surface area contributed by atoms with Crippen LogP contribution in [0, 0.1) is 11.8 Å². The van der Waals surface area contributed by atoms with Crippen LogP contribution in [0.2, 0.25) is 0 Å². The smallest absolute Gasteiger partial charge is 0.211 e. The van der Waals surface area contributed by atoms with E-state index in [9.17, 15) is 0 Å². The van der Waals surface area contributed by atoms with E-state index in [1.807, 2.05) is 0 Å². The molecule has 0 aromatic rings. The van der Waals surface area contributed by atoms with Gasteiger partial charge in [-0.3, -0.25) is 0 Å². The summed E-state index contributed by atoms with van der Waals surface area (Å²) in [6.45, 7) is 8.28. The lowest BCUT2D eigenvalue weighted by Crippen LogP contribution is -2.23. The zero-order valence-corrected chi connectivity index (χ0v) is 8.20. The Morgan fingerprint density at radius 2 is 1.33 bits per heavy atom. The highest BCUT2D eigenvalue weighted by molar-refractivity contribution is 5.88. The molecule has 70 valence electrons. The van der Waals surface area contributed by atoms with Gasteiger partial charge in [0.2, 0.25) is 5.96 Å². The number of guanidine groups is 1. The number of rotatable bonds is 3. The molecule has 0 unspecified atom stereocenters. The van der Waals surface area contributed by atoms with Crippen LogP contribution in [-0.2, 0) is 0 Å². The van der Waals surface area contributed by atoms with Gasteiger partial charge in [0.25, 0.3) is 0 Å². The lowest BCUT2D eigenvalue weighted by molar-refractivity contribution is 0.757. The van der Waals surface area contributed by atoms with Crippen molar-refractivity contribution < 1.29 is 0 Å². The first-order valence-corrected chi connectivity index (χ1v) is 4.11. The lowest BCUT2D eigenvalue weighted by Gasteiger charge is -2.11. The van der Waals surface area contributed by atoms with Crippen molar-refractivity contribution in [2.45, 2.75) is 27.7 Å². The molecule has 0 aliphatic heterocycles. The van der Waals surface area contributed by atoms with Crippen LogP contribution >= 0.6 is 0 Å². The largest absolute Gasteiger partial charge is 0.369 e. The van der Waals surface area contributed by atoms with E-state index < -0.39 is 0 Å². The van der Waals surface area contributed by atoms with Gasteiger partial charge in [-0.2, -0.15) is 5.10 Å². The maximum atomic E-state index is 5.16. The highest BCUT2D eigenvalue weighted by Gasteiger charge is 2.09. The van der Waals surface area contributed by atoms with E-state index in [4.69, 9.17) is 11.5 Å². The van der Waals surface area contributed by atoms with Crippen LogP contribution in [0.1, 0.15) is 27.7 Å². The first-order valence-electron chi connectivity index (χ1n) is 4.11. The average molecular weight is 170 g/mol. The van der Waals surface area contributed by atoms with Crippen molar-refractivity contribution >= 4 is 11.7 Å². The van der Waals surface area contributed by atoms with Crippen molar-refractivity contribution in [1.82, 2.24) is 0 Å². The molecule has 4 N–H and O–H groups in total. The molecule has 0 saturated carbocycles. The molecule has 0 atom stereocenters. The molecule has 0 fully saturated rings. The second-order valence-corrected chi connectivity index (χ2v) is 3.36. The zero-order valence-electron chi connectivity index (χ0n) is 8.20. The van der Waals surface area contributed by atoms with Crippen LogP contribution in [0.25, 0.3) is 0 Å². The Morgan fingerprint density at radius 1 is 0.917 bits per heavy atom. The van der Waals surface area contributed by atoms with E-state index in [1.54, 1.807) is 0 Å². The Labute approximate surface area is 73.7 Å². The molecule has 12 heavy (non-hydrogen) atoms. The molecular formula is C8H18N4. The summed E-state index contributed by atoms with van der Waals surface area (Å²) in [5.41, 5.74) is 11.3. The summed E-state index contributed by atoms with van der Waals surface area (Å²) in [5.74, 6) is 0.773. The maximum absolute atomic E-state index is 5.16. The van der Waals surface area contributed by atoms with Crippen LogP contribution < -0.4 is 11.5 Å². The Hall–Kier alpha value is -1.06. The summed E-state index contributed by atoms with van der Waals surface area (Å²) in [4.78, 5) is 0. The summed E-state index contributed by atoms with van der Waals surface area (Å²) in [7, 11) is 0. The van der Waals surface area contributed by atoms with E-state index >= 15 is 0 Å². The molecule has 0 aliphatic rings. The van der Waals surface area contributed by atoms with Gasteiger partial charge in [-0.05, 0) is 11.8 Å². The maximum Gasteiger partial charge on any atom is 0.211 e. The molecule has 0 aliphatic carbocycles. The summed E-state index contributed by atoms with van der Waals surface area (Å²) >= 11 is 0. The normalized spacial score (nSPS) is 10.2. The van der Waals surface area contributed by atoms with Crippen molar-refractivity contribution in [2.75, 3.05) is 0 Å². The standard InChI is InChI=1S/C8H18N4/c1-5(2)7(6(3)4)11-12-8(9)10/h5-6H,1-4H3,(H4,9,10,12). The lowest BCUT2D eigenvalue weighted by atomic mass is 9.98. The van der Waals surface area contributed by atoms with Gasteiger partial charge in [-0.1, -0.05) is 27.7 Å². The predicted molar refractivity (Wildman–Crippen MR) is 52.9 cm³/mol. The monoisotopic (exact) mass is 170 g/mol. The minimum Gasteiger partial charge on any atom is -0.369 e. The highest BCUT2D eigenvalue weighted by Crippen LogP contribution is 2.07. The topological polar surface area (TPSA) is 76.8 Å². The molecule has 0 saturated heterocycles. The van der Waals surface area contributed by atoms with E-state index in [0.717, 1.165) is 5.71 Å². The SMILES string of the molecule is CC(C)C(=NN=C(N)N)C(C)C. The first-order chi connectivity index (χ1) is 5.45. The van der Waals surface area contributed by atoms with Gasteiger partial charge in [0.05, 0.1) is 0 Å². The third-order valence-electron chi connectivity index (χ3n) is 1.46. The minimum absolute atomic E-state index is 0.00815. The second-order valence-electron chi connectivity index (χ2n) is 3.36. The minimum atomic E-state index is 0.00815.